The van der Waals surface area contributed by atoms with Crippen LogP contribution in [-0.2, 0) is 10.0 Å². The number of hydrogen-bond donors (Lipinski definition) is 1. The molecule has 0 amide bonds. The largest absolute Gasteiger partial charge is 0.478 e. The molecule has 0 radical (unpaired) electrons. The van der Waals surface area contributed by atoms with Gasteiger partial charge in [-0.05, 0) is 31.5 Å². The highest BCUT2D eigenvalue weighted by Crippen LogP contribution is 2.26. The summed E-state index contributed by atoms with van der Waals surface area (Å²) >= 11 is 5.82. The van der Waals surface area contributed by atoms with Gasteiger partial charge in [-0.25, -0.2) is 13.2 Å². The Morgan fingerprint density at radius 2 is 2.00 bits per heavy atom. The standard InChI is InChI=1S/C13H16ClNO4S/c1-8(2)7-15(4)20(18,19)12-6-10(14)5-11(9(12)3)13(16)17/h5-6H,1,7H2,2-4H3,(H,16,17). The number of carboxylic acids is 1. The summed E-state index contributed by atoms with van der Waals surface area (Å²) in [5.41, 5.74) is 0.712. The monoisotopic (exact) mass is 317 g/mol. The van der Waals surface area contributed by atoms with Gasteiger partial charge in [-0.2, -0.15) is 4.31 Å². The van der Waals surface area contributed by atoms with Crippen LogP contribution in [0.5, 0.6) is 0 Å². The van der Waals surface area contributed by atoms with Crippen LogP contribution in [0.2, 0.25) is 5.02 Å². The normalized spacial score (nSPS) is 11.7. The first kappa shape index (κ1) is 16.7. The van der Waals surface area contributed by atoms with Crippen LogP contribution in [0.4, 0.5) is 0 Å². The maximum atomic E-state index is 12.4. The number of benzene rings is 1. The summed E-state index contributed by atoms with van der Waals surface area (Å²) in [6.07, 6.45) is 0. The zero-order chi connectivity index (χ0) is 15.7. The first-order chi connectivity index (χ1) is 9.07. The molecule has 1 aromatic carbocycles. The lowest BCUT2D eigenvalue weighted by atomic mass is 10.1. The third kappa shape index (κ3) is 3.39. The van der Waals surface area contributed by atoms with Crippen molar-refractivity contribution < 1.29 is 18.3 Å². The fraction of sp³-hybridized carbons (Fsp3) is 0.308. The van der Waals surface area contributed by atoms with E-state index in [1.165, 1.54) is 26.1 Å². The van der Waals surface area contributed by atoms with E-state index < -0.39 is 16.0 Å². The highest BCUT2D eigenvalue weighted by atomic mass is 35.5. The van der Waals surface area contributed by atoms with Gasteiger partial charge in [0.25, 0.3) is 0 Å². The minimum Gasteiger partial charge on any atom is -0.478 e. The molecule has 0 saturated heterocycles. The lowest BCUT2D eigenvalue weighted by Crippen LogP contribution is -2.29. The van der Waals surface area contributed by atoms with E-state index in [4.69, 9.17) is 16.7 Å². The number of hydrogen-bond acceptors (Lipinski definition) is 3. The minimum absolute atomic E-state index is 0.0651. The summed E-state index contributed by atoms with van der Waals surface area (Å²) < 4.78 is 26.0. The van der Waals surface area contributed by atoms with Crippen molar-refractivity contribution in [1.82, 2.24) is 4.31 Å². The van der Waals surface area contributed by atoms with Crippen LogP contribution < -0.4 is 0 Å². The Labute approximate surface area is 123 Å². The molecule has 0 aliphatic heterocycles. The zero-order valence-electron chi connectivity index (χ0n) is 11.5. The van der Waals surface area contributed by atoms with Gasteiger partial charge in [-0.15, -0.1) is 0 Å². The van der Waals surface area contributed by atoms with Gasteiger partial charge in [0.05, 0.1) is 10.5 Å². The molecule has 0 atom stereocenters. The number of likely N-dealkylation sites (N-methyl/N-ethyl adjacent to an activating group) is 1. The molecule has 1 rings (SSSR count). The highest BCUT2D eigenvalue weighted by molar-refractivity contribution is 7.89. The predicted molar refractivity (Wildman–Crippen MR) is 77.8 cm³/mol. The number of carbonyl (C=O) groups is 1. The van der Waals surface area contributed by atoms with E-state index >= 15 is 0 Å². The molecule has 0 bridgehead atoms. The molecule has 0 aliphatic carbocycles. The third-order valence-corrected chi connectivity index (χ3v) is 4.88. The summed E-state index contributed by atoms with van der Waals surface area (Å²) in [6.45, 7) is 6.96. The van der Waals surface area contributed by atoms with Gasteiger partial charge in [0.1, 0.15) is 0 Å². The third-order valence-electron chi connectivity index (χ3n) is 2.74. The van der Waals surface area contributed by atoms with Crippen LogP contribution in [0, 0.1) is 6.92 Å². The Morgan fingerprint density at radius 3 is 2.45 bits per heavy atom. The van der Waals surface area contributed by atoms with Gasteiger partial charge >= 0.3 is 5.97 Å². The summed E-state index contributed by atoms with van der Waals surface area (Å²) in [6, 6.07) is 2.49. The Kier molecular flexibility index (Phi) is 4.96. The van der Waals surface area contributed by atoms with E-state index in [0.29, 0.717) is 5.57 Å². The topological polar surface area (TPSA) is 74.7 Å². The molecule has 110 valence electrons. The van der Waals surface area contributed by atoms with Crippen molar-refractivity contribution in [2.45, 2.75) is 18.7 Å². The summed E-state index contributed by atoms with van der Waals surface area (Å²) in [7, 11) is -2.41. The van der Waals surface area contributed by atoms with Gasteiger partial charge in [0.2, 0.25) is 10.0 Å². The molecule has 20 heavy (non-hydrogen) atoms. The lowest BCUT2D eigenvalue weighted by Gasteiger charge is -2.19. The second kappa shape index (κ2) is 5.95. The molecule has 1 N–H and O–H groups in total. The Morgan fingerprint density at radius 1 is 1.45 bits per heavy atom. The number of aromatic carboxylic acids is 1. The molecule has 0 spiro atoms. The van der Waals surface area contributed by atoms with Crippen LogP contribution in [0.3, 0.4) is 0 Å². The van der Waals surface area contributed by atoms with Gasteiger partial charge in [0, 0.05) is 18.6 Å². The average Bonchev–Trinajstić information content (AvgIpc) is 2.30. The van der Waals surface area contributed by atoms with Crippen LogP contribution in [-0.4, -0.2) is 37.4 Å². The van der Waals surface area contributed by atoms with Gasteiger partial charge < -0.3 is 5.11 Å². The van der Waals surface area contributed by atoms with Crippen molar-refractivity contribution >= 4 is 27.6 Å². The molecular formula is C13H16ClNO4S. The zero-order valence-corrected chi connectivity index (χ0v) is 13.0. The second-order valence-electron chi connectivity index (χ2n) is 4.60. The highest BCUT2D eigenvalue weighted by Gasteiger charge is 2.26. The van der Waals surface area contributed by atoms with Crippen LogP contribution in [0.25, 0.3) is 0 Å². The SMILES string of the molecule is C=C(C)CN(C)S(=O)(=O)c1cc(Cl)cc(C(=O)O)c1C. The maximum absolute atomic E-state index is 12.4. The lowest BCUT2D eigenvalue weighted by molar-refractivity contribution is 0.0696. The van der Waals surface area contributed by atoms with Crippen molar-refractivity contribution in [3.05, 3.63) is 40.4 Å². The van der Waals surface area contributed by atoms with E-state index in [2.05, 4.69) is 6.58 Å². The van der Waals surface area contributed by atoms with E-state index in [9.17, 15) is 13.2 Å². The Balaban J connectivity index is 3.46. The summed E-state index contributed by atoms with van der Waals surface area (Å²) in [4.78, 5) is 11.0. The van der Waals surface area contributed by atoms with Crippen LogP contribution >= 0.6 is 11.6 Å². The maximum Gasteiger partial charge on any atom is 0.336 e. The quantitative estimate of drug-likeness (QED) is 0.847. The van der Waals surface area contributed by atoms with Crippen molar-refractivity contribution in [3.8, 4) is 0 Å². The van der Waals surface area contributed by atoms with Crippen molar-refractivity contribution in [2.75, 3.05) is 13.6 Å². The molecule has 7 heteroatoms. The number of nitrogens with zero attached hydrogens (tertiary/aromatic N) is 1. The number of sulfonamides is 1. The Hall–Kier alpha value is -1.37. The summed E-state index contributed by atoms with van der Waals surface area (Å²) in [5.74, 6) is -1.22. The summed E-state index contributed by atoms with van der Waals surface area (Å²) in [5, 5.41) is 9.15. The number of rotatable bonds is 5. The molecule has 0 fully saturated rings. The Bertz CT molecular complexity index is 667. The number of halogens is 1. The van der Waals surface area contributed by atoms with Gasteiger partial charge in [0.15, 0.2) is 0 Å². The van der Waals surface area contributed by atoms with Crippen molar-refractivity contribution in [2.24, 2.45) is 0 Å². The van der Waals surface area contributed by atoms with Gasteiger partial charge in [-0.3, -0.25) is 0 Å². The van der Waals surface area contributed by atoms with Crippen molar-refractivity contribution in [1.29, 1.82) is 0 Å². The molecule has 0 aromatic heterocycles. The first-order valence-electron chi connectivity index (χ1n) is 5.71. The fourth-order valence-electron chi connectivity index (χ4n) is 1.78. The predicted octanol–water partition coefficient (Wildman–Crippen LogP) is 2.54. The molecule has 0 saturated carbocycles. The smallest absolute Gasteiger partial charge is 0.336 e. The van der Waals surface area contributed by atoms with E-state index in [0.717, 1.165) is 4.31 Å². The second-order valence-corrected chi connectivity index (χ2v) is 7.05. The molecular weight excluding hydrogens is 302 g/mol. The van der Waals surface area contributed by atoms with Crippen molar-refractivity contribution in [3.63, 3.8) is 0 Å². The average molecular weight is 318 g/mol. The molecule has 0 aliphatic rings. The molecule has 1 aromatic rings. The number of carboxylic acid groups (broad SMARTS) is 1. The minimum atomic E-state index is -3.82. The molecule has 0 heterocycles. The molecule has 5 nitrogen and oxygen atoms in total. The van der Waals surface area contributed by atoms with E-state index in [-0.39, 0.29) is 27.6 Å². The van der Waals surface area contributed by atoms with Gasteiger partial charge in [-0.1, -0.05) is 23.8 Å². The fourth-order valence-corrected chi connectivity index (χ4v) is 3.56. The first-order valence-corrected chi connectivity index (χ1v) is 7.53. The van der Waals surface area contributed by atoms with E-state index in [1.54, 1.807) is 6.92 Å². The molecule has 0 unspecified atom stereocenters. The van der Waals surface area contributed by atoms with E-state index in [1.807, 2.05) is 0 Å². The van der Waals surface area contributed by atoms with Crippen LogP contribution in [0.1, 0.15) is 22.8 Å². The van der Waals surface area contributed by atoms with Crippen LogP contribution in [0.15, 0.2) is 29.2 Å².